The van der Waals surface area contributed by atoms with Crippen molar-refractivity contribution in [1.82, 2.24) is 0 Å². The summed E-state index contributed by atoms with van der Waals surface area (Å²) in [6, 6.07) is 8.81. The number of piperidine rings is 1. The van der Waals surface area contributed by atoms with Crippen molar-refractivity contribution in [3.8, 4) is 5.75 Å². The van der Waals surface area contributed by atoms with Crippen LogP contribution in [0.25, 0.3) is 6.08 Å². The van der Waals surface area contributed by atoms with Crippen LogP contribution in [0.4, 0.5) is 11.4 Å². The van der Waals surface area contributed by atoms with E-state index < -0.39 is 0 Å². The highest BCUT2D eigenvalue weighted by molar-refractivity contribution is 6.36. The van der Waals surface area contributed by atoms with Gasteiger partial charge in [0, 0.05) is 29.8 Å². The summed E-state index contributed by atoms with van der Waals surface area (Å²) in [7, 11) is 1.52. The summed E-state index contributed by atoms with van der Waals surface area (Å²) in [5, 5.41) is 4.41. The van der Waals surface area contributed by atoms with Gasteiger partial charge < -0.3 is 15.0 Å². The quantitative estimate of drug-likeness (QED) is 0.556. The molecule has 1 heterocycles. The normalized spacial score (nSPS) is 14.4. The summed E-state index contributed by atoms with van der Waals surface area (Å²) in [6.07, 6.45) is 6.50. The van der Waals surface area contributed by atoms with Crippen molar-refractivity contribution in [2.75, 3.05) is 30.4 Å². The number of ether oxygens (including phenoxy) is 1. The SMILES string of the molecule is COc1c(Cl)cc(Cl)cc1/C=C/C(=O)Nc1cccc(Cl)c1N1CCCCC1. The number of para-hydroxylation sites is 1. The highest BCUT2D eigenvalue weighted by Gasteiger charge is 2.18. The van der Waals surface area contributed by atoms with Gasteiger partial charge in [-0.25, -0.2) is 0 Å². The molecule has 0 radical (unpaired) electrons. The van der Waals surface area contributed by atoms with Crippen LogP contribution < -0.4 is 15.0 Å². The Balaban J connectivity index is 1.81. The molecule has 1 N–H and O–H groups in total. The molecule has 28 heavy (non-hydrogen) atoms. The molecule has 2 aromatic rings. The number of nitrogens with one attached hydrogen (secondary N) is 1. The predicted molar refractivity (Wildman–Crippen MR) is 118 cm³/mol. The molecule has 1 fully saturated rings. The number of benzene rings is 2. The van der Waals surface area contributed by atoms with E-state index in [4.69, 9.17) is 39.5 Å². The molecular formula is C21H21Cl3N2O2. The second-order valence-corrected chi connectivity index (χ2v) is 7.77. The Hall–Kier alpha value is -1.88. The van der Waals surface area contributed by atoms with E-state index in [0.717, 1.165) is 31.6 Å². The van der Waals surface area contributed by atoms with Crippen LogP contribution in [0.15, 0.2) is 36.4 Å². The number of halogens is 3. The molecule has 2 aromatic carbocycles. The minimum atomic E-state index is -0.279. The van der Waals surface area contributed by atoms with E-state index in [1.54, 1.807) is 18.2 Å². The monoisotopic (exact) mass is 438 g/mol. The number of carbonyl (C=O) groups excluding carboxylic acids is 1. The van der Waals surface area contributed by atoms with Gasteiger partial charge >= 0.3 is 0 Å². The molecule has 4 nitrogen and oxygen atoms in total. The lowest BCUT2D eigenvalue weighted by molar-refractivity contribution is -0.111. The first-order valence-electron chi connectivity index (χ1n) is 9.05. The van der Waals surface area contributed by atoms with Crippen molar-refractivity contribution in [2.24, 2.45) is 0 Å². The fourth-order valence-electron chi connectivity index (χ4n) is 3.31. The number of hydrogen-bond donors (Lipinski definition) is 1. The van der Waals surface area contributed by atoms with Crippen LogP contribution in [0.1, 0.15) is 24.8 Å². The predicted octanol–water partition coefficient (Wildman–Crippen LogP) is 6.30. The Labute approximate surface area is 180 Å². The summed E-state index contributed by atoms with van der Waals surface area (Å²) >= 11 is 18.6. The van der Waals surface area contributed by atoms with Crippen LogP contribution in [0.5, 0.6) is 5.75 Å². The smallest absolute Gasteiger partial charge is 0.248 e. The van der Waals surface area contributed by atoms with E-state index >= 15 is 0 Å². The Morgan fingerprint density at radius 2 is 1.86 bits per heavy atom. The fraction of sp³-hybridized carbons (Fsp3) is 0.286. The Morgan fingerprint density at radius 1 is 1.11 bits per heavy atom. The molecule has 7 heteroatoms. The van der Waals surface area contributed by atoms with Crippen LogP contribution in [0.3, 0.4) is 0 Å². The standard InChI is InChI=1S/C21H21Cl3N2O2/c1-28-21-14(12-15(22)13-17(21)24)8-9-19(27)25-18-7-5-6-16(23)20(18)26-10-3-2-4-11-26/h5-9,12-13H,2-4,10-11H2,1H3,(H,25,27)/b9-8+. The number of amides is 1. The van der Waals surface area contributed by atoms with E-state index in [9.17, 15) is 4.79 Å². The average Bonchev–Trinajstić information content (AvgIpc) is 2.67. The minimum Gasteiger partial charge on any atom is -0.495 e. The van der Waals surface area contributed by atoms with Crippen LogP contribution in [0.2, 0.25) is 15.1 Å². The first-order valence-corrected chi connectivity index (χ1v) is 10.2. The average molecular weight is 440 g/mol. The minimum absolute atomic E-state index is 0.279. The third kappa shape index (κ3) is 4.93. The van der Waals surface area contributed by atoms with Gasteiger partial charge in [-0.05, 0) is 49.6 Å². The van der Waals surface area contributed by atoms with Gasteiger partial charge in [-0.1, -0.05) is 40.9 Å². The maximum Gasteiger partial charge on any atom is 0.248 e. The van der Waals surface area contributed by atoms with Gasteiger partial charge in [0.25, 0.3) is 0 Å². The van der Waals surface area contributed by atoms with Gasteiger partial charge in [0.1, 0.15) is 5.75 Å². The molecule has 1 amide bonds. The first kappa shape index (κ1) is 20.8. The van der Waals surface area contributed by atoms with Gasteiger partial charge in [-0.2, -0.15) is 0 Å². The lowest BCUT2D eigenvalue weighted by Gasteiger charge is -2.31. The molecule has 0 aromatic heterocycles. The van der Waals surface area contributed by atoms with Crippen molar-refractivity contribution in [3.05, 3.63) is 57.0 Å². The van der Waals surface area contributed by atoms with Gasteiger partial charge in [0.15, 0.2) is 0 Å². The van der Waals surface area contributed by atoms with Crippen molar-refractivity contribution in [3.63, 3.8) is 0 Å². The highest BCUT2D eigenvalue weighted by atomic mass is 35.5. The number of nitrogens with zero attached hydrogens (tertiary/aromatic N) is 1. The van der Waals surface area contributed by atoms with Crippen LogP contribution in [0, 0.1) is 0 Å². The van der Waals surface area contributed by atoms with Crippen molar-refractivity contribution < 1.29 is 9.53 Å². The highest BCUT2D eigenvalue weighted by Crippen LogP contribution is 2.36. The summed E-state index contributed by atoms with van der Waals surface area (Å²) < 4.78 is 5.30. The zero-order chi connectivity index (χ0) is 20.1. The maximum absolute atomic E-state index is 12.5. The summed E-state index contributed by atoms with van der Waals surface area (Å²) in [5.74, 6) is 0.186. The summed E-state index contributed by atoms with van der Waals surface area (Å²) in [4.78, 5) is 14.8. The van der Waals surface area contributed by atoms with E-state index in [2.05, 4.69) is 10.2 Å². The first-order chi connectivity index (χ1) is 13.5. The summed E-state index contributed by atoms with van der Waals surface area (Å²) in [5.41, 5.74) is 2.19. The molecular weight excluding hydrogens is 419 g/mol. The van der Waals surface area contributed by atoms with Gasteiger partial charge in [-0.3, -0.25) is 4.79 Å². The van der Waals surface area contributed by atoms with Crippen molar-refractivity contribution >= 4 is 58.2 Å². The third-order valence-electron chi connectivity index (χ3n) is 4.57. The molecule has 0 aliphatic carbocycles. The molecule has 148 valence electrons. The number of carbonyl (C=O) groups is 1. The van der Waals surface area contributed by atoms with Crippen LogP contribution in [-0.2, 0) is 4.79 Å². The lowest BCUT2D eigenvalue weighted by Crippen LogP contribution is -2.30. The van der Waals surface area contributed by atoms with E-state index in [0.29, 0.717) is 32.1 Å². The molecule has 0 atom stereocenters. The maximum atomic E-state index is 12.5. The molecule has 0 saturated carbocycles. The van der Waals surface area contributed by atoms with Crippen molar-refractivity contribution in [1.29, 1.82) is 0 Å². The van der Waals surface area contributed by atoms with Gasteiger partial charge in [0.05, 0.1) is 28.5 Å². The van der Waals surface area contributed by atoms with E-state index in [1.165, 1.54) is 19.6 Å². The second-order valence-electron chi connectivity index (χ2n) is 6.52. The zero-order valence-corrected chi connectivity index (χ0v) is 17.7. The Morgan fingerprint density at radius 3 is 2.57 bits per heavy atom. The Bertz CT molecular complexity index is 893. The van der Waals surface area contributed by atoms with Gasteiger partial charge in [-0.15, -0.1) is 0 Å². The number of hydrogen-bond acceptors (Lipinski definition) is 3. The number of anilines is 2. The molecule has 3 rings (SSSR count). The molecule has 0 unspecified atom stereocenters. The van der Waals surface area contributed by atoms with E-state index in [-0.39, 0.29) is 5.91 Å². The molecule has 1 saturated heterocycles. The van der Waals surface area contributed by atoms with Crippen LogP contribution in [-0.4, -0.2) is 26.1 Å². The number of methoxy groups -OCH3 is 1. The van der Waals surface area contributed by atoms with Crippen molar-refractivity contribution in [2.45, 2.75) is 19.3 Å². The van der Waals surface area contributed by atoms with Gasteiger partial charge in [0.2, 0.25) is 5.91 Å². The van der Waals surface area contributed by atoms with E-state index in [1.807, 2.05) is 18.2 Å². The molecule has 1 aliphatic heterocycles. The Kier molecular flexibility index (Phi) is 7.11. The topological polar surface area (TPSA) is 41.6 Å². The second kappa shape index (κ2) is 9.55. The zero-order valence-electron chi connectivity index (χ0n) is 15.5. The third-order valence-corrected chi connectivity index (χ3v) is 5.38. The molecule has 0 spiro atoms. The molecule has 0 bridgehead atoms. The van der Waals surface area contributed by atoms with Crippen LogP contribution >= 0.6 is 34.8 Å². The largest absolute Gasteiger partial charge is 0.495 e. The lowest BCUT2D eigenvalue weighted by atomic mass is 10.1. The number of rotatable bonds is 5. The summed E-state index contributed by atoms with van der Waals surface area (Å²) in [6.45, 7) is 1.86. The molecule has 1 aliphatic rings. The fourth-order valence-corrected chi connectivity index (χ4v) is 4.19.